The quantitative estimate of drug-likeness (QED) is 0.668. The summed E-state index contributed by atoms with van der Waals surface area (Å²) in [5, 5.41) is 9.32. The minimum Gasteiger partial charge on any atom is -0.481 e. The van der Waals surface area contributed by atoms with Gasteiger partial charge >= 0.3 is 5.97 Å². The van der Waals surface area contributed by atoms with E-state index in [0.717, 1.165) is 25.7 Å². The minimum atomic E-state index is -0.714. The van der Waals surface area contributed by atoms with Gasteiger partial charge in [-0.1, -0.05) is 19.8 Å². The Labute approximate surface area is 121 Å². The molecule has 0 atom stereocenters. The number of likely N-dealkylation sites (tertiary alicyclic amines) is 1. The fraction of sp³-hybridized carbons (Fsp3) is 0.867. The maximum absolute atomic E-state index is 12.1. The van der Waals surface area contributed by atoms with Crippen molar-refractivity contribution in [3.8, 4) is 0 Å². The molecule has 0 radical (unpaired) electrons. The van der Waals surface area contributed by atoms with E-state index in [2.05, 4.69) is 0 Å². The summed E-state index contributed by atoms with van der Waals surface area (Å²) in [5.74, 6) is -0.540. The van der Waals surface area contributed by atoms with E-state index in [4.69, 9.17) is 5.73 Å². The Kier molecular flexibility index (Phi) is 6.99. The number of carboxylic acid groups (broad SMARTS) is 1. The van der Waals surface area contributed by atoms with Gasteiger partial charge in [0.25, 0.3) is 0 Å². The van der Waals surface area contributed by atoms with Crippen LogP contribution in [0.25, 0.3) is 0 Å². The fourth-order valence-electron chi connectivity index (χ4n) is 2.84. The van der Waals surface area contributed by atoms with Crippen LogP contribution in [0.3, 0.4) is 0 Å². The van der Waals surface area contributed by atoms with Crippen molar-refractivity contribution in [3.63, 3.8) is 0 Å². The highest BCUT2D eigenvalue weighted by atomic mass is 16.4. The second-order valence-corrected chi connectivity index (χ2v) is 5.77. The molecular formula is C15H28N2O3. The van der Waals surface area contributed by atoms with Crippen molar-refractivity contribution < 1.29 is 14.7 Å². The number of aliphatic carboxylic acids is 1. The molecule has 0 unspecified atom stereocenters. The average Bonchev–Trinajstić information content (AvgIpc) is 2.46. The molecule has 0 bridgehead atoms. The summed E-state index contributed by atoms with van der Waals surface area (Å²) in [4.78, 5) is 25.2. The molecule has 0 aliphatic carbocycles. The number of carboxylic acids is 1. The highest BCUT2D eigenvalue weighted by Crippen LogP contribution is 2.35. The van der Waals surface area contributed by atoms with Gasteiger partial charge < -0.3 is 15.7 Å². The molecule has 1 aliphatic rings. The summed E-state index contributed by atoms with van der Waals surface area (Å²) in [6, 6.07) is 0. The van der Waals surface area contributed by atoms with Crippen molar-refractivity contribution in [1.82, 2.24) is 4.90 Å². The van der Waals surface area contributed by atoms with E-state index in [1.807, 2.05) is 11.8 Å². The molecule has 1 fully saturated rings. The molecule has 0 aromatic carbocycles. The van der Waals surface area contributed by atoms with Crippen LogP contribution in [0.4, 0.5) is 0 Å². The Morgan fingerprint density at radius 2 is 1.75 bits per heavy atom. The van der Waals surface area contributed by atoms with E-state index in [0.29, 0.717) is 45.3 Å². The lowest BCUT2D eigenvalue weighted by atomic mass is 9.76. The summed E-state index contributed by atoms with van der Waals surface area (Å²) in [7, 11) is 0. The molecule has 1 aliphatic heterocycles. The SMILES string of the molecule is CCC1(C(=O)O)CCN(C(=O)CCCCCCN)CC1. The number of rotatable bonds is 8. The third-order valence-electron chi connectivity index (χ3n) is 4.55. The van der Waals surface area contributed by atoms with Gasteiger partial charge in [-0.05, 0) is 38.6 Å². The van der Waals surface area contributed by atoms with Crippen LogP contribution in [-0.2, 0) is 9.59 Å². The summed E-state index contributed by atoms with van der Waals surface area (Å²) >= 11 is 0. The van der Waals surface area contributed by atoms with Gasteiger partial charge in [0.15, 0.2) is 0 Å². The summed E-state index contributed by atoms with van der Waals surface area (Å²) < 4.78 is 0. The van der Waals surface area contributed by atoms with Gasteiger partial charge in [-0.3, -0.25) is 9.59 Å². The number of nitrogens with zero attached hydrogens (tertiary/aromatic N) is 1. The number of piperidine rings is 1. The Morgan fingerprint density at radius 1 is 1.15 bits per heavy atom. The van der Waals surface area contributed by atoms with Crippen LogP contribution >= 0.6 is 0 Å². The predicted octanol–water partition coefficient (Wildman–Crippen LogP) is 2.00. The molecule has 0 aromatic heterocycles. The smallest absolute Gasteiger partial charge is 0.309 e. The molecule has 3 N–H and O–H groups in total. The van der Waals surface area contributed by atoms with E-state index < -0.39 is 11.4 Å². The largest absolute Gasteiger partial charge is 0.481 e. The zero-order valence-electron chi connectivity index (χ0n) is 12.6. The maximum atomic E-state index is 12.1. The number of carbonyl (C=O) groups excluding carboxylic acids is 1. The Morgan fingerprint density at radius 3 is 2.25 bits per heavy atom. The molecule has 0 spiro atoms. The lowest BCUT2D eigenvalue weighted by molar-refractivity contribution is -0.154. The Balaban J connectivity index is 2.30. The number of hydrogen-bond donors (Lipinski definition) is 2. The van der Waals surface area contributed by atoms with E-state index in [1.165, 1.54) is 0 Å². The van der Waals surface area contributed by atoms with Gasteiger partial charge in [0.05, 0.1) is 5.41 Å². The van der Waals surface area contributed by atoms with Crippen LogP contribution in [0.15, 0.2) is 0 Å². The van der Waals surface area contributed by atoms with Gasteiger partial charge in [0.2, 0.25) is 5.91 Å². The summed E-state index contributed by atoms with van der Waals surface area (Å²) in [6.07, 6.45) is 6.45. The summed E-state index contributed by atoms with van der Waals surface area (Å²) in [6.45, 7) is 3.81. The molecule has 0 saturated carbocycles. The van der Waals surface area contributed by atoms with Gasteiger partial charge in [-0.2, -0.15) is 0 Å². The van der Waals surface area contributed by atoms with Gasteiger partial charge in [0, 0.05) is 19.5 Å². The first-order valence-corrected chi connectivity index (χ1v) is 7.77. The molecule has 116 valence electrons. The van der Waals surface area contributed by atoms with Gasteiger partial charge in [-0.15, -0.1) is 0 Å². The van der Waals surface area contributed by atoms with Crippen LogP contribution in [0.1, 0.15) is 58.3 Å². The number of amides is 1. The van der Waals surface area contributed by atoms with Crippen molar-refractivity contribution in [2.75, 3.05) is 19.6 Å². The first-order valence-electron chi connectivity index (χ1n) is 7.77. The molecule has 0 aromatic rings. The van der Waals surface area contributed by atoms with Crippen molar-refractivity contribution in [3.05, 3.63) is 0 Å². The molecule has 5 nitrogen and oxygen atoms in total. The molecule has 1 heterocycles. The predicted molar refractivity (Wildman–Crippen MR) is 78.3 cm³/mol. The molecule has 5 heteroatoms. The third kappa shape index (κ3) is 4.47. The minimum absolute atomic E-state index is 0.174. The van der Waals surface area contributed by atoms with Crippen molar-refractivity contribution >= 4 is 11.9 Å². The normalized spacial score (nSPS) is 18.0. The first kappa shape index (κ1) is 17.0. The van der Waals surface area contributed by atoms with E-state index >= 15 is 0 Å². The lowest BCUT2D eigenvalue weighted by Crippen LogP contribution is -2.46. The number of carbonyl (C=O) groups is 2. The van der Waals surface area contributed by atoms with Gasteiger partial charge in [-0.25, -0.2) is 0 Å². The second-order valence-electron chi connectivity index (χ2n) is 5.77. The van der Waals surface area contributed by atoms with Crippen LogP contribution in [0.5, 0.6) is 0 Å². The molecule has 20 heavy (non-hydrogen) atoms. The highest BCUT2D eigenvalue weighted by molar-refractivity contribution is 5.78. The van der Waals surface area contributed by atoms with E-state index in [9.17, 15) is 14.7 Å². The highest BCUT2D eigenvalue weighted by Gasteiger charge is 2.40. The molecule has 1 amide bonds. The number of nitrogens with two attached hydrogens (primary N) is 1. The van der Waals surface area contributed by atoms with Crippen molar-refractivity contribution in [2.24, 2.45) is 11.1 Å². The molecule has 1 saturated heterocycles. The van der Waals surface area contributed by atoms with Gasteiger partial charge in [0.1, 0.15) is 0 Å². The van der Waals surface area contributed by atoms with Crippen molar-refractivity contribution in [2.45, 2.75) is 58.3 Å². The average molecular weight is 284 g/mol. The zero-order valence-corrected chi connectivity index (χ0v) is 12.6. The second kappa shape index (κ2) is 8.25. The molecule has 1 rings (SSSR count). The number of hydrogen-bond acceptors (Lipinski definition) is 3. The van der Waals surface area contributed by atoms with Crippen molar-refractivity contribution in [1.29, 1.82) is 0 Å². The maximum Gasteiger partial charge on any atom is 0.309 e. The van der Waals surface area contributed by atoms with E-state index in [-0.39, 0.29) is 5.91 Å². The van der Waals surface area contributed by atoms with Crippen LogP contribution in [0, 0.1) is 5.41 Å². The monoisotopic (exact) mass is 284 g/mol. The third-order valence-corrected chi connectivity index (χ3v) is 4.55. The standard InChI is InChI=1S/C15H28N2O3/c1-2-15(14(19)20)8-11-17(12-9-15)13(18)7-5-3-4-6-10-16/h2-12,16H2,1H3,(H,19,20). The zero-order chi connectivity index (χ0) is 15.0. The van der Waals surface area contributed by atoms with E-state index in [1.54, 1.807) is 0 Å². The van der Waals surface area contributed by atoms with Crippen LogP contribution < -0.4 is 5.73 Å². The van der Waals surface area contributed by atoms with Crippen LogP contribution in [0.2, 0.25) is 0 Å². The fourth-order valence-corrected chi connectivity index (χ4v) is 2.84. The summed E-state index contributed by atoms with van der Waals surface area (Å²) in [5.41, 5.74) is 4.81. The van der Waals surface area contributed by atoms with Crippen LogP contribution in [-0.4, -0.2) is 41.5 Å². The topological polar surface area (TPSA) is 83.6 Å². The number of unbranched alkanes of at least 4 members (excludes halogenated alkanes) is 3. The Bertz CT molecular complexity index is 323. The molecular weight excluding hydrogens is 256 g/mol. The Hall–Kier alpha value is -1.10. The lowest BCUT2D eigenvalue weighted by Gasteiger charge is -2.38. The first-order chi connectivity index (χ1) is 9.55.